The SMILES string of the molecule is Cc1cc(F)cc(CNc2nc(Cl)c3n(c2=O)C(C(=O)NCc2cnc4ccccn24)CC3)c1. The van der Waals surface area contributed by atoms with Crippen LogP contribution >= 0.6 is 11.6 Å². The highest BCUT2D eigenvalue weighted by molar-refractivity contribution is 6.30. The van der Waals surface area contributed by atoms with Gasteiger partial charge >= 0.3 is 0 Å². The second-order valence-electron chi connectivity index (χ2n) is 8.31. The number of anilines is 1. The summed E-state index contributed by atoms with van der Waals surface area (Å²) in [6, 6.07) is 9.61. The molecule has 174 valence electrons. The van der Waals surface area contributed by atoms with E-state index in [4.69, 9.17) is 11.6 Å². The number of fused-ring (bicyclic) bond motifs is 2. The molecule has 1 aliphatic heterocycles. The molecule has 1 aromatic carbocycles. The third-order valence-electron chi connectivity index (χ3n) is 5.93. The number of hydrogen-bond acceptors (Lipinski definition) is 5. The van der Waals surface area contributed by atoms with Gasteiger partial charge in [-0.05, 0) is 55.2 Å². The first-order chi connectivity index (χ1) is 16.4. The van der Waals surface area contributed by atoms with Crippen molar-refractivity contribution in [3.63, 3.8) is 0 Å². The molecule has 1 atom stereocenters. The lowest BCUT2D eigenvalue weighted by atomic mass is 10.1. The number of amides is 1. The number of hydrogen-bond donors (Lipinski definition) is 2. The lowest BCUT2D eigenvalue weighted by Crippen LogP contribution is -2.36. The number of nitrogens with zero attached hydrogens (tertiary/aromatic N) is 4. The van der Waals surface area contributed by atoms with Gasteiger partial charge in [-0.15, -0.1) is 0 Å². The molecule has 0 bridgehead atoms. The van der Waals surface area contributed by atoms with E-state index in [-0.39, 0.29) is 35.8 Å². The summed E-state index contributed by atoms with van der Waals surface area (Å²) >= 11 is 6.36. The van der Waals surface area contributed by atoms with E-state index in [0.717, 1.165) is 16.9 Å². The molecule has 0 saturated heterocycles. The van der Waals surface area contributed by atoms with Crippen molar-refractivity contribution >= 4 is 29.0 Å². The zero-order chi connectivity index (χ0) is 23.8. The van der Waals surface area contributed by atoms with Gasteiger partial charge in [0.15, 0.2) is 11.0 Å². The number of benzene rings is 1. The minimum atomic E-state index is -0.695. The summed E-state index contributed by atoms with van der Waals surface area (Å²) < 4.78 is 17.0. The largest absolute Gasteiger partial charge is 0.361 e. The summed E-state index contributed by atoms with van der Waals surface area (Å²) in [5.74, 6) is -0.603. The molecule has 0 spiro atoms. The van der Waals surface area contributed by atoms with Crippen molar-refractivity contribution < 1.29 is 9.18 Å². The zero-order valence-corrected chi connectivity index (χ0v) is 19.1. The third kappa shape index (κ3) is 4.14. The third-order valence-corrected chi connectivity index (χ3v) is 6.23. The number of nitrogens with one attached hydrogen (secondary N) is 2. The highest BCUT2D eigenvalue weighted by atomic mass is 35.5. The van der Waals surface area contributed by atoms with Gasteiger partial charge in [0.2, 0.25) is 5.91 Å². The van der Waals surface area contributed by atoms with Crippen molar-refractivity contribution in [1.82, 2.24) is 24.3 Å². The average molecular weight is 481 g/mol. The molecular weight excluding hydrogens is 459 g/mol. The summed E-state index contributed by atoms with van der Waals surface area (Å²) in [5, 5.41) is 6.04. The Morgan fingerprint density at radius 1 is 1.26 bits per heavy atom. The van der Waals surface area contributed by atoms with E-state index in [1.807, 2.05) is 34.9 Å². The van der Waals surface area contributed by atoms with Gasteiger partial charge in [0.05, 0.1) is 24.1 Å². The van der Waals surface area contributed by atoms with E-state index in [2.05, 4.69) is 20.6 Å². The second-order valence-corrected chi connectivity index (χ2v) is 8.67. The smallest absolute Gasteiger partial charge is 0.294 e. The van der Waals surface area contributed by atoms with Crippen LogP contribution in [-0.2, 0) is 24.3 Å². The van der Waals surface area contributed by atoms with Gasteiger partial charge in [0, 0.05) is 12.7 Å². The Kier molecular flexibility index (Phi) is 5.79. The number of carbonyl (C=O) groups excluding carboxylic acids is 1. The molecule has 4 heterocycles. The van der Waals surface area contributed by atoms with Crippen molar-refractivity contribution in [1.29, 1.82) is 0 Å². The maximum absolute atomic E-state index is 13.7. The van der Waals surface area contributed by atoms with Crippen molar-refractivity contribution in [2.45, 2.75) is 38.9 Å². The van der Waals surface area contributed by atoms with Crippen molar-refractivity contribution in [2.24, 2.45) is 0 Å². The normalized spacial score (nSPS) is 14.9. The molecule has 0 saturated carbocycles. The second kappa shape index (κ2) is 8.90. The predicted molar refractivity (Wildman–Crippen MR) is 126 cm³/mol. The molecule has 0 radical (unpaired) electrons. The number of aryl methyl sites for hydroxylation is 1. The van der Waals surface area contributed by atoms with E-state index >= 15 is 0 Å². The standard InChI is InChI=1S/C24H22ClFN6O2/c1-14-8-15(10-16(26)9-14)11-28-22-24(34)32-18(21(25)30-22)5-6-19(32)23(33)29-13-17-12-27-20-4-2-3-7-31(17)20/h2-4,7-10,12,19H,5-6,11,13H2,1H3,(H,28,30)(H,29,33). The van der Waals surface area contributed by atoms with Crippen LogP contribution in [0.25, 0.3) is 5.65 Å². The van der Waals surface area contributed by atoms with Crippen LogP contribution in [0.3, 0.4) is 0 Å². The van der Waals surface area contributed by atoms with E-state index in [0.29, 0.717) is 24.1 Å². The van der Waals surface area contributed by atoms with Crippen LogP contribution in [0.1, 0.15) is 35.0 Å². The van der Waals surface area contributed by atoms with Gasteiger partial charge in [0.25, 0.3) is 5.56 Å². The molecule has 3 aromatic heterocycles. The van der Waals surface area contributed by atoms with Crippen LogP contribution in [0.15, 0.2) is 53.6 Å². The fourth-order valence-corrected chi connectivity index (χ4v) is 4.65. The minimum Gasteiger partial charge on any atom is -0.361 e. The average Bonchev–Trinajstić information content (AvgIpc) is 3.43. The molecule has 0 aliphatic carbocycles. The molecule has 34 heavy (non-hydrogen) atoms. The monoisotopic (exact) mass is 480 g/mol. The van der Waals surface area contributed by atoms with Crippen LogP contribution in [0.4, 0.5) is 10.2 Å². The van der Waals surface area contributed by atoms with Crippen molar-refractivity contribution in [3.05, 3.63) is 92.6 Å². The zero-order valence-electron chi connectivity index (χ0n) is 18.4. The number of carbonyl (C=O) groups is 1. The molecule has 4 aromatic rings. The van der Waals surface area contributed by atoms with Crippen molar-refractivity contribution in [3.8, 4) is 0 Å². The fourth-order valence-electron chi connectivity index (χ4n) is 4.38. The number of pyridine rings is 1. The number of halogens is 2. The van der Waals surface area contributed by atoms with Gasteiger partial charge < -0.3 is 15.0 Å². The van der Waals surface area contributed by atoms with Crippen LogP contribution in [0.2, 0.25) is 5.15 Å². The Bertz CT molecular complexity index is 1440. The lowest BCUT2D eigenvalue weighted by Gasteiger charge is -2.16. The van der Waals surface area contributed by atoms with Gasteiger partial charge in [-0.2, -0.15) is 0 Å². The summed E-state index contributed by atoms with van der Waals surface area (Å²) in [4.78, 5) is 34.8. The maximum Gasteiger partial charge on any atom is 0.294 e. The van der Waals surface area contributed by atoms with Crippen LogP contribution < -0.4 is 16.2 Å². The molecule has 2 N–H and O–H groups in total. The Morgan fingerprint density at radius 2 is 2.12 bits per heavy atom. The lowest BCUT2D eigenvalue weighted by molar-refractivity contribution is -0.124. The maximum atomic E-state index is 13.7. The van der Waals surface area contributed by atoms with Crippen LogP contribution in [0, 0.1) is 12.7 Å². The molecule has 0 fully saturated rings. The molecule has 10 heteroatoms. The minimum absolute atomic E-state index is 0.0251. The van der Waals surface area contributed by atoms with E-state index in [9.17, 15) is 14.0 Å². The van der Waals surface area contributed by atoms with E-state index in [1.165, 1.54) is 16.7 Å². The topological polar surface area (TPSA) is 93.3 Å². The number of imidazole rings is 1. The highest BCUT2D eigenvalue weighted by Crippen LogP contribution is 2.29. The molecule has 1 amide bonds. The summed E-state index contributed by atoms with van der Waals surface area (Å²) in [6.07, 6.45) is 4.50. The fraction of sp³-hybridized carbons (Fsp3) is 0.250. The molecule has 5 rings (SSSR count). The van der Waals surface area contributed by atoms with E-state index in [1.54, 1.807) is 13.1 Å². The number of rotatable bonds is 6. The molecule has 8 nitrogen and oxygen atoms in total. The Labute approximate surface area is 199 Å². The first-order valence-electron chi connectivity index (χ1n) is 10.9. The first kappa shape index (κ1) is 22.1. The Hall–Kier alpha value is -3.72. The van der Waals surface area contributed by atoms with Gasteiger partial charge in [0.1, 0.15) is 17.5 Å². The summed E-state index contributed by atoms with van der Waals surface area (Å²) in [6.45, 7) is 2.26. The van der Waals surface area contributed by atoms with Crippen molar-refractivity contribution in [2.75, 3.05) is 5.32 Å². The molecular formula is C24H22ClFN6O2. The highest BCUT2D eigenvalue weighted by Gasteiger charge is 2.32. The quantitative estimate of drug-likeness (QED) is 0.441. The van der Waals surface area contributed by atoms with Gasteiger partial charge in [-0.1, -0.05) is 23.7 Å². The van der Waals surface area contributed by atoms with Crippen LogP contribution in [0.5, 0.6) is 0 Å². The molecule has 1 unspecified atom stereocenters. The van der Waals surface area contributed by atoms with Gasteiger partial charge in [-0.25, -0.2) is 14.4 Å². The van der Waals surface area contributed by atoms with Gasteiger partial charge in [-0.3, -0.25) is 14.2 Å². The molecule has 1 aliphatic rings. The Morgan fingerprint density at radius 3 is 2.94 bits per heavy atom. The predicted octanol–water partition coefficient (Wildman–Crippen LogP) is 3.41. The number of aromatic nitrogens is 4. The van der Waals surface area contributed by atoms with E-state index < -0.39 is 11.6 Å². The first-order valence-corrected chi connectivity index (χ1v) is 11.3. The summed E-state index contributed by atoms with van der Waals surface area (Å²) in [5.41, 5.74) is 3.17. The summed E-state index contributed by atoms with van der Waals surface area (Å²) in [7, 11) is 0. The Balaban J connectivity index is 1.35. The van der Waals surface area contributed by atoms with Crippen LogP contribution in [-0.4, -0.2) is 24.8 Å².